The lowest BCUT2D eigenvalue weighted by atomic mass is 10.1. The van der Waals surface area contributed by atoms with E-state index in [9.17, 15) is 0 Å². The van der Waals surface area contributed by atoms with Crippen molar-refractivity contribution in [2.45, 2.75) is 38.8 Å². The van der Waals surface area contributed by atoms with Gasteiger partial charge in [-0.05, 0) is 37.9 Å². The SMILES string of the molecule is CNCc1cccn1CC1CCCC1. The molecule has 0 spiro atoms. The molecular formula is C12H20N2. The summed E-state index contributed by atoms with van der Waals surface area (Å²) in [6.07, 6.45) is 7.94. The Hall–Kier alpha value is -0.760. The lowest BCUT2D eigenvalue weighted by molar-refractivity contribution is 0.447. The van der Waals surface area contributed by atoms with E-state index >= 15 is 0 Å². The second kappa shape index (κ2) is 4.65. The van der Waals surface area contributed by atoms with Crippen LogP contribution < -0.4 is 5.32 Å². The number of aromatic nitrogens is 1. The summed E-state index contributed by atoms with van der Waals surface area (Å²) in [4.78, 5) is 0. The topological polar surface area (TPSA) is 17.0 Å². The zero-order valence-corrected chi connectivity index (χ0v) is 9.00. The molecule has 1 heterocycles. The molecule has 2 heteroatoms. The molecular weight excluding hydrogens is 172 g/mol. The highest BCUT2D eigenvalue weighted by Gasteiger charge is 2.15. The maximum atomic E-state index is 3.21. The molecule has 1 aromatic rings. The first-order valence-electron chi connectivity index (χ1n) is 5.69. The van der Waals surface area contributed by atoms with Crippen LogP contribution in [0.2, 0.25) is 0 Å². The number of hydrogen-bond donors (Lipinski definition) is 1. The van der Waals surface area contributed by atoms with Crippen molar-refractivity contribution in [2.75, 3.05) is 7.05 Å². The third-order valence-electron chi connectivity index (χ3n) is 3.21. The molecule has 0 bridgehead atoms. The van der Waals surface area contributed by atoms with E-state index in [1.54, 1.807) is 0 Å². The van der Waals surface area contributed by atoms with Gasteiger partial charge in [0, 0.05) is 25.0 Å². The Bertz CT molecular complexity index is 272. The summed E-state index contributed by atoms with van der Waals surface area (Å²) in [5, 5.41) is 3.21. The van der Waals surface area contributed by atoms with Gasteiger partial charge >= 0.3 is 0 Å². The highest BCUT2D eigenvalue weighted by Crippen LogP contribution is 2.26. The van der Waals surface area contributed by atoms with Crippen LogP contribution in [0.25, 0.3) is 0 Å². The summed E-state index contributed by atoms with van der Waals surface area (Å²) in [7, 11) is 2.01. The fourth-order valence-electron chi connectivity index (χ4n) is 2.44. The second-order valence-electron chi connectivity index (χ2n) is 4.33. The molecule has 1 N–H and O–H groups in total. The van der Waals surface area contributed by atoms with Crippen molar-refractivity contribution in [3.05, 3.63) is 24.0 Å². The van der Waals surface area contributed by atoms with Gasteiger partial charge in [0.1, 0.15) is 0 Å². The van der Waals surface area contributed by atoms with E-state index in [1.807, 2.05) is 7.05 Å². The van der Waals surface area contributed by atoms with Crippen LogP contribution in [0.5, 0.6) is 0 Å². The smallest absolute Gasteiger partial charge is 0.0356 e. The molecule has 0 saturated heterocycles. The van der Waals surface area contributed by atoms with E-state index in [1.165, 1.54) is 37.9 Å². The number of hydrogen-bond acceptors (Lipinski definition) is 1. The van der Waals surface area contributed by atoms with Crippen LogP contribution in [-0.2, 0) is 13.1 Å². The van der Waals surface area contributed by atoms with Crippen LogP contribution in [0.15, 0.2) is 18.3 Å². The van der Waals surface area contributed by atoms with Crippen LogP contribution >= 0.6 is 0 Å². The van der Waals surface area contributed by atoms with Gasteiger partial charge in [0.25, 0.3) is 0 Å². The summed E-state index contributed by atoms with van der Waals surface area (Å²) in [6.45, 7) is 2.21. The quantitative estimate of drug-likeness (QED) is 0.775. The van der Waals surface area contributed by atoms with Gasteiger partial charge in [-0.3, -0.25) is 0 Å². The largest absolute Gasteiger partial charge is 0.350 e. The second-order valence-corrected chi connectivity index (χ2v) is 4.33. The summed E-state index contributed by atoms with van der Waals surface area (Å²) in [6, 6.07) is 4.37. The lowest BCUT2D eigenvalue weighted by Crippen LogP contribution is -2.14. The molecule has 1 aromatic heterocycles. The van der Waals surface area contributed by atoms with Crippen molar-refractivity contribution in [1.29, 1.82) is 0 Å². The third-order valence-corrected chi connectivity index (χ3v) is 3.21. The van der Waals surface area contributed by atoms with E-state index in [0.717, 1.165) is 12.5 Å². The predicted octanol–water partition coefficient (Wildman–Crippen LogP) is 2.40. The summed E-state index contributed by atoms with van der Waals surface area (Å²) in [5.41, 5.74) is 1.42. The Morgan fingerprint density at radius 3 is 2.93 bits per heavy atom. The highest BCUT2D eigenvalue weighted by atomic mass is 15.0. The van der Waals surface area contributed by atoms with Gasteiger partial charge in [0.15, 0.2) is 0 Å². The number of nitrogens with zero attached hydrogens (tertiary/aromatic N) is 1. The maximum Gasteiger partial charge on any atom is 0.0356 e. The first-order valence-corrected chi connectivity index (χ1v) is 5.69. The molecule has 0 amide bonds. The van der Waals surface area contributed by atoms with E-state index < -0.39 is 0 Å². The normalized spacial score (nSPS) is 17.8. The van der Waals surface area contributed by atoms with Gasteiger partial charge in [-0.1, -0.05) is 12.8 Å². The number of nitrogens with one attached hydrogen (secondary N) is 1. The fraction of sp³-hybridized carbons (Fsp3) is 0.667. The van der Waals surface area contributed by atoms with Crippen LogP contribution in [0.1, 0.15) is 31.4 Å². The molecule has 0 unspecified atom stereocenters. The predicted molar refractivity (Wildman–Crippen MR) is 59.2 cm³/mol. The van der Waals surface area contributed by atoms with Gasteiger partial charge in [0.2, 0.25) is 0 Å². The highest BCUT2D eigenvalue weighted by molar-refractivity contribution is 5.07. The van der Waals surface area contributed by atoms with Crippen LogP contribution in [0.4, 0.5) is 0 Å². The van der Waals surface area contributed by atoms with E-state index in [0.29, 0.717) is 0 Å². The molecule has 14 heavy (non-hydrogen) atoms. The lowest BCUT2D eigenvalue weighted by Gasteiger charge is -2.13. The molecule has 1 fully saturated rings. The molecule has 1 aliphatic rings. The van der Waals surface area contributed by atoms with Crippen molar-refractivity contribution >= 4 is 0 Å². The van der Waals surface area contributed by atoms with E-state index in [-0.39, 0.29) is 0 Å². The minimum atomic E-state index is 0.929. The van der Waals surface area contributed by atoms with Gasteiger partial charge < -0.3 is 9.88 Å². The van der Waals surface area contributed by atoms with Crippen LogP contribution in [-0.4, -0.2) is 11.6 Å². The van der Waals surface area contributed by atoms with Crippen molar-refractivity contribution in [2.24, 2.45) is 5.92 Å². The van der Waals surface area contributed by atoms with Crippen molar-refractivity contribution < 1.29 is 0 Å². The molecule has 0 aromatic carbocycles. The van der Waals surface area contributed by atoms with Gasteiger partial charge in [-0.25, -0.2) is 0 Å². The van der Waals surface area contributed by atoms with Gasteiger partial charge in [-0.15, -0.1) is 0 Å². The molecule has 2 rings (SSSR count). The Balaban J connectivity index is 1.96. The zero-order chi connectivity index (χ0) is 9.80. The average molecular weight is 192 g/mol. The molecule has 0 atom stereocenters. The van der Waals surface area contributed by atoms with Crippen molar-refractivity contribution in [3.63, 3.8) is 0 Å². The average Bonchev–Trinajstić information content (AvgIpc) is 2.80. The van der Waals surface area contributed by atoms with Crippen molar-refractivity contribution in [1.82, 2.24) is 9.88 Å². The third kappa shape index (κ3) is 2.18. The van der Waals surface area contributed by atoms with Crippen LogP contribution in [0.3, 0.4) is 0 Å². The van der Waals surface area contributed by atoms with E-state index in [2.05, 4.69) is 28.2 Å². The fourth-order valence-corrected chi connectivity index (χ4v) is 2.44. The summed E-state index contributed by atoms with van der Waals surface area (Å²) in [5.74, 6) is 0.929. The molecule has 1 saturated carbocycles. The molecule has 1 aliphatic carbocycles. The van der Waals surface area contributed by atoms with E-state index in [4.69, 9.17) is 0 Å². The Kier molecular flexibility index (Phi) is 3.25. The Morgan fingerprint density at radius 2 is 2.21 bits per heavy atom. The Labute approximate surface area is 86.3 Å². The van der Waals surface area contributed by atoms with Crippen molar-refractivity contribution in [3.8, 4) is 0 Å². The summed E-state index contributed by atoms with van der Waals surface area (Å²) < 4.78 is 2.41. The monoisotopic (exact) mass is 192 g/mol. The minimum Gasteiger partial charge on any atom is -0.350 e. The number of rotatable bonds is 4. The standard InChI is InChI=1S/C12H20N2/c1-13-9-12-7-4-8-14(12)10-11-5-2-3-6-11/h4,7-8,11,13H,2-3,5-6,9-10H2,1H3. The van der Waals surface area contributed by atoms with Gasteiger partial charge in [-0.2, -0.15) is 0 Å². The first kappa shape index (κ1) is 9.78. The Morgan fingerprint density at radius 1 is 1.43 bits per heavy atom. The molecule has 0 aliphatic heterocycles. The summed E-state index contributed by atoms with van der Waals surface area (Å²) >= 11 is 0. The molecule has 2 nitrogen and oxygen atoms in total. The molecule has 78 valence electrons. The molecule has 0 radical (unpaired) electrons. The first-order chi connectivity index (χ1) is 6.90. The van der Waals surface area contributed by atoms with Crippen LogP contribution in [0, 0.1) is 5.92 Å². The zero-order valence-electron chi connectivity index (χ0n) is 9.00. The van der Waals surface area contributed by atoms with Gasteiger partial charge in [0.05, 0.1) is 0 Å². The maximum absolute atomic E-state index is 3.21. The minimum absolute atomic E-state index is 0.929.